The van der Waals surface area contributed by atoms with Gasteiger partial charge in [-0.15, -0.1) is 0 Å². The second-order valence-electron chi connectivity index (χ2n) is 4.11. The lowest BCUT2D eigenvalue weighted by Crippen LogP contribution is -2.33. The third-order valence-corrected chi connectivity index (χ3v) is 2.46. The smallest absolute Gasteiger partial charge is 0.188 e. The third-order valence-electron chi connectivity index (χ3n) is 2.46. The van der Waals surface area contributed by atoms with Crippen LogP contribution in [0.4, 0.5) is 8.78 Å². The van der Waals surface area contributed by atoms with Crippen molar-refractivity contribution in [3.05, 3.63) is 29.8 Å². The topological polar surface area (TPSA) is 59.6 Å². The van der Waals surface area contributed by atoms with Gasteiger partial charge in [0.1, 0.15) is 12.4 Å². The fourth-order valence-electron chi connectivity index (χ4n) is 1.38. The van der Waals surface area contributed by atoms with E-state index in [1.54, 1.807) is 0 Å². The zero-order chi connectivity index (χ0) is 13.0. The first-order valence-corrected chi connectivity index (χ1v) is 5.79. The van der Waals surface area contributed by atoms with Crippen LogP contribution in [-0.4, -0.2) is 25.2 Å². The minimum atomic E-state index is -0.925. The molecule has 0 atom stereocenters. The standard InChI is InChI=1S/C12H15F2N3O/c13-10-4-3-9(7-11(10)14)18-6-5-16-12(15)17-8-1-2-8/h3-4,7-8H,1-2,5-6H2,(H3,15,16,17). The number of rotatable bonds is 5. The molecule has 1 aromatic rings. The molecule has 4 nitrogen and oxygen atoms in total. The molecule has 1 aliphatic carbocycles. The highest BCUT2D eigenvalue weighted by Gasteiger charge is 2.21. The molecule has 2 rings (SSSR count). The summed E-state index contributed by atoms with van der Waals surface area (Å²) in [6.07, 6.45) is 2.25. The highest BCUT2D eigenvalue weighted by atomic mass is 19.2. The minimum absolute atomic E-state index is 0.262. The summed E-state index contributed by atoms with van der Waals surface area (Å²) >= 11 is 0. The number of nitrogens with two attached hydrogens (primary N) is 1. The van der Waals surface area contributed by atoms with E-state index in [0.717, 1.165) is 25.0 Å². The van der Waals surface area contributed by atoms with E-state index in [1.807, 2.05) is 0 Å². The van der Waals surface area contributed by atoms with E-state index in [4.69, 9.17) is 10.5 Å². The van der Waals surface area contributed by atoms with Crippen LogP contribution in [0.3, 0.4) is 0 Å². The van der Waals surface area contributed by atoms with Crippen molar-refractivity contribution < 1.29 is 13.5 Å². The second-order valence-corrected chi connectivity index (χ2v) is 4.11. The van der Waals surface area contributed by atoms with Gasteiger partial charge in [0.05, 0.1) is 6.54 Å². The molecule has 0 radical (unpaired) electrons. The SMILES string of the molecule is NC(=NCCOc1ccc(F)c(F)c1)NC1CC1. The van der Waals surface area contributed by atoms with Gasteiger partial charge in [0.25, 0.3) is 0 Å². The Balaban J connectivity index is 1.72. The van der Waals surface area contributed by atoms with Gasteiger partial charge in [-0.3, -0.25) is 0 Å². The maximum Gasteiger partial charge on any atom is 0.188 e. The van der Waals surface area contributed by atoms with Gasteiger partial charge >= 0.3 is 0 Å². The molecule has 0 heterocycles. The van der Waals surface area contributed by atoms with Crippen LogP contribution in [-0.2, 0) is 0 Å². The van der Waals surface area contributed by atoms with Gasteiger partial charge in [-0.05, 0) is 25.0 Å². The van der Waals surface area contributed by atoms with Gasteiger partial charge in [0.2, 0.25) is 0 Å². The average molecular weight is 255 g/mol. The number of nitrogens with one attached hydrogen (secondary N) is 1. The predicted molar refractivity (Wildman–Crippen MR) is 64.5 cm³/mol. The zero-order valence-corrected chi connectivity index (χ0v) is 9.83. The van der Waals surface area contributed by atoms with Crippen LogP contribution in [0.1, 0.15) is 12.8 Å². The van der Waals surface area contributed by atoms with E-state index in [0.29, 0.717) is 18.5 Å². The largest absolute Gasteiger partial charge is 0.492 e. The summed E-state index contributed by atoms with van der Waals surface area (Å²) in [6.45, 7) is 0.628. The van der Waals surface area contributed by atoms with Gasteiger partial charge in [-0.2, -0.15) is 0 Å². The molecule has 1 aliphatic rings. The highest BCUT2D eigenvalue weighted by Crippen LogP contribution is 2.18. The number of guanidine groups is 1. The summed E-state index contributed by atoms with van der Waals surface area (Å²) in [7, 11) is 0. The van der Waals surface area contributed by atoms with Crippen LogP contribution in [0.15, 0.2) is 23.2 Å². The summed E-state index contributed by atoms with van der Waals surface area (Å²) in [5.41, 5.74) is 5.61. The monoisotopic (exact) mass is 255 g/mol. The maximum absolute atomic E-state index is 12.9. The minimum Gasteiger partial charge on any atom is -0.492 e. The van der Waals surface area contributed by atoms with Crippen molar-refractivity contribution in [2.75, 3.05) is 13.2 Å². The molecule has 0 spiro atoms. The van der Waals surface area contributed by atoms with E-state index >= 15 is 0 Å². The summed E-state index contributed by atoms with van der Waals surface area (Å²) in [5, 5.41) is 3.03. The first-order valence-electron chi connectivity index (χ1n) is 5.79. The Morgan fingerprint density at radius 1 is 1.39 bits per heavy atom. The molecule has 0 amide bonds. The van der Waals surface area contributed by atoms with E-state index in [-0.39, 0.29) is 12.4 Å². The predicted octanol–water partition coefficient (Wildman–Crippen LogP) is 1.41. The summed E-state index contributed by atoms with van der Waals surface area (Å²) in [5.74, 6) is -1.15. The Bertz CT molecular complexity index is 447. The molecule has 3 N–H and O–H groups in total. The molecule has 0 aromatic heterocycles. The molecular weight excluding hydrogens is 240 g/mol. The Kier molecular flexibility index (Phi) is 3.96. The van der Waals surface area contributed by atoms with Crippen molar-refractivity contribution in [2.45, 2.75) is 18.9 Å². The Morgan fingerprint density at radius 2 is 2.17 bits per heavy atom. The summed E-state index contributed by atoms with van der Waals surface area (Å²) in [4.78, 5) is 4.05. The molecule has 0 saturated heterocycles. The number of ether oxygens (including phenoxy) is 1. The molecule has 1 aromatic carbocycles. The molecular formula is C12H15F2N3O. The molecule has 0 bridgehead atoms. The Labute approximate surface area is 104 Å². The van der Waals surface area contributed by atoms with Crippen LogP contribution in [0.5, 0.6) is 5.75 Å². The highest BCUT2D eigenvalue weighted by molar-refractivity contribution is 5.78. The Morgan fingerprint density at radius 3 is 2.83 bits per heavy atom. The quantitative estimate of drug-likeness (QED) is 0.475. The number of hydrogen-bond donors (Lipinski definition) is 2. The number of hydrogen-bond acceptors (Lipinski definition) is 2. The number of aliphatic imine (C=N–C) groups is 1. The molecule has 6 heteroatoms. The van der Waals surface area contributed by atoms with Gasteiger partial charge in [0, 0.05) is 12.1 Å². The molecule has 98 valence electrons. The third kappa shape index (κ3) is 3.87. The first kappa shape index (κ1) is 12.6. The fraction of sp³-hybridized carbons (Fsp3) is 0.417. The summed E-state index contributed by atoms with van der Waals surface area (Å²) in [6, 6.07) is 3.86. The van der Waals surface area contributed by atoms with Gasteiger partial charge in [-0.25, -0.2) is 13.8 Å². The molecule has 0 unspecified atom stereocenters. The maximum atomic E-state index is 12.9. The van der Waals surface area contributed by atoms with Crippen LogP contribution in [0.25, 0.3) is 0 Å². The fourth-order valence-corrected chi connectivity index (χ4v) is 1.38. The molecule has 18 heavy (non-hydrogen) atoms. The van der Waals surface area contributed by atoms with Crippen molar-refractivity contribution >= 4 is 5.96 Å². The van der Waals surface area contributed by atoms with Crippen LogP contribution >= 0.6 is 0 Å². The van der Waals surface area contributed by atoms with Crippen LogP contribution < -0.4 is 15.8 Å². The molecule has 0 aliphatic heterocycles. The lowest BCUT2D eigenvalue weighted by atomic mass is 10.3. The lowest BCUT2D eigenvalue weighted by Gasteiger charge is -2.06. The second kappa shape index (κ2) is 5.66. The van der Waals surface area contributed by atoms with Crippen LogP contribution in [0.2, 0.25) is 0 Å². The van der Waals surface area contributed by atoms with E-state index in [2.05, 4.69) is 10.3 Å². The van der Waals surface area contributed by atoms with Gasteiger partial charge in [0.15, 0.2) is 17.6 Å². The van der Waals surface area contributed by atoms with Crippen molar-refractivity contribution in [1.82, 2.24) is 5.32 Å². The van der Waals surface area contributed by atoms with Gasteiger partial charge < -0.3 is 15.8 Å². The normalized spacial score (nSPS) is 15.6. The first-order chi connectivity index (χ1) is 8.65. The van der Waals surface area contributed by atoms with Crippen molar-refractivity contribution in [3.63, 3.8) is 0 Å². The van der Waals surface area contributed by atoms with E-state index in [9.17, 15) is 8.78 Å². The average Bonchev–Trinajstić information content (AvgIpc) is 3.13. The van der Waals surface area contributed by atoms with Gasteiger partial charge in [-0.1, -0.05) is 0 Å². The van der Waals surface area contributed by atoms with E-state index in [1.165, 1.54) is 6.07 Å². The lowest BCUT2D eigenvalue weighted by molar-refractivity contribution is 0.325. The number of benzene rings is 1. The van der Waals surface area contributed by atoms with E-state index < -0.39 is 11.6 Å². The van der Waals surface area contributed by atoms with Crippen molar-refractivity contribution in [3.8, 4) is 5.75 Å². The summed E-state index contributed by atoms with van der Waals surface area (Å²) < 4.78 is 30.7. The number of halogens is 2. The zero-order valence-electron chi connectivity index (χ0n) is 9.83. The number of nitrogens with zero attached hydrogens (tertiary/aromatic N) is 1. The van der Waals surface area contributed by atoms with Crippen molar-refractivity contribution in [2.24, 2.45) is 10.7 Å². The molecule has 1 fully saturated rings. The molecule has 1 saturated carbocycles. The Hall–Kier alpha value is -1.85. The van der Waals surface area contributed by atoms with Crippen LogP contribution in [0, 0.1) is 11.6 Å². The van der Waals surface area contributed by atoms with Crippen molar-refractivity contribution in [1.29, 1.82) is 0 Å².